The monoisotopic (exact) mass is 323 g/mol. The van der Waals surface area contributed by atoms with Gasteiger partial charge < -0.3 is 5.11 Å². The van der Waals surface area contributed by atoms with Gasteiger partial charge >= 0.3 is 0 Å². The van der Waals surface area contributed by atoms with E-state index in [0.29, 0.717) is 5.56 Å². The molecule has 1 N–H and O–H groups in total. The second kappa shape index (κ2) is 6.60. The van der Waals surface area contributed by atoms with Gasteiger partial charge in [0.05, 0.1) is 12.3 Å². The van der Waals surface area contributed by atoms with E-state index in [2.05, 4.69) is 5.10 Å². The Hall–Kier alpha value is -1.70. The van der Waals surface area contributed by atoms with E-state index in [1.54, 1.807) is 14.0 Å². The Kier molecular flexibility index (Phi) is 5.00. The molecule has 1 aromatic heterocycles. The largest absolute Gasteiger partial charge is 0.387 e. The zero-order valence-electron chi connectivity index (χ0n) is 13.0. The molecular weight excluding hydrogens is 302 g/mol. The minimum atomic E-state index is -3.65. The highest BCUT2D eigenvalue weighted by atomic mass is 32.2. The number of hydrogen-bond acceptors (Lipinski definition) is 4. The smallest absolute Gasteiger partial charge is 0.246 e. The van der Waals surface area contributed by atoms with Crippen LogP contribution in [0.15, 0.2) is 41.6 Å². The number of aliphatic hydroxyl groups excluding tert-OH is 1. The van der Waals surface area contributed by atoms with Gasteiger partial charge in [-0.3, -0.25) is 4.68 Å². The number of hydrogen-bond donors (Lipinski definition) is 1. The SMILES string of the molecule is CCN(CC(O)c1ccc(C)cc1)S(=O)(=O)c1cnn(C)c1. The average molecular weight is 323 g/mol. The standard InChI is InChI=1S/C15H21N3O3S/c1-4-18(22(20,21)14-9-16-17(3)10-14)11-15(19)13-7-5-12(2)6-8-13/h5-10,15,19H,4,11H2,1-3H3. The number of sulfonamides is 1. The summed E-state index contributed by atoms with van der Waals surface area (Å²) in [5.74, 6) is 0. The van der Waals surface area contributed by atoms with Crippen molar-refractivity contribution in [3.05, 3.63) is 47.8 Å². The Morgan fingerprint density at radius 3 is 2.45 bits per heavy atom. The molecule has 1 atom stereocenters. The third kappa shape index (κ3) is 3.55. The number of benzene rings is 1. The average Bonchev–Trinajstić information content (AvgIpc) is 2.92. The van der Waals surface area contributed by atoms with Gasteiger partial charge in [0.2, 0.25) is 10.0 Å². The predicted molar refractivity (Wildman–Crippen MR) is 83.8 cm³/mol. The summed E-state index contributed by atoms with van der Waals surface area (Å²) in [7, 11) is -1.99. The van der Waals surface area contributed by atoms with Crippen LogP contribution in [-0.4, -0.2) is 40.7 Å². The minimum Gasteiger partial charge on any atom is -0.387 e. The van der Waals surface area contributed by atoms with Crippen LogP contribution in [0.25, 0.3) is 0 Å². The summed E-state index contributed by atoms with van der Waals surface area (Å²) in [6.45, 7) is 3.99. The normalized spacial score (nSPS) is 13.5. The molecule has 0 aliphatic heterocycles. The second-order valence-electron chi connectivity index (χ2n) is 5.23. The van der Waals surface area contributed by atoms with E-state index in [0.717, 1.165) is 5.56 Å². The molecular formula is C15H21N3O3S. The summed E-state index contributed by atoms with van der Waals surface area (Å²) in [6.07, 6.45) is 1.90. The van der Waals surface area contributed by atoms with Crippen LogP contribution in [0.2, 0.25) is 0 Å². The first-order valence-corrected chi connectivity index (χ1v) is 8.52. The number of likely N-dealkylation sites (N-methyl/N-ethyl adjacent to an activating group) is 1. The molecule has 7 heteroatoms. The van der Waals surface area contributed by atoms with Crippen molar-refractivity contribution in [1.82, 2.24) is 14.1 Å². The van der Waals surface area contributed by atoms with E-state index in [9.17, 15) is 13.5 Å². The Balaban J connectivity index is 2.19. The fourth-order valence-electron chi connectivity index (χ4n) is 2.17. The summed E-state index contributed by atoms with van der Waals surface area (Å²) in [5, 5.41) is 14.2. The van der Waals surface area contributed by atoms with E-state index in [1.807, 2.05) is 31.2 Å². The van der Waals surface area contributed by atoms with Gasteiger partial charge in [0.25, 0.3) is 0 Å². The number of rotatable bonds is 6. The number of aryl methyl sites for hydroxylation is 2. The Morgan fingerprint density at radius 1 is 1.32 bits per heavy atom. The van der Waals surface area contributed by atoms with E-state index in [1.165, 1.54) is 21.4 Å². The van der Waals surface area contributed by atoms with Crippen molar-refractivity contribution < 1.29 is 13.5 Å². The van der Waals surface area contributed by atoms with Crippen LogP contribution in [-0.2, 0) is 17.1 Å². The molecule has 0 saturated heterocycles. The molecule has 0 radical (unpaired) electrons. The van der Waals surface area contributed by atoms with Crippen molar-refractivity contribution in [2.45, 2.75) is 24.8 Å². The van der Waals surface area contributed by atoms with Crippen molar-refractivity contribution in [3.8, 4) is 0 Å². The van der Waals surface area contributed by atoms with Crippen molar-refractivity contribution in [2.24, 2.45) is 7.05 Å². The van der Waals surface area contributed by atoms with Crippen LogP contribution in [0.3, 0.4) is 0 Å². The Bertz CT molecular complexity index is 723. The van der Waals surface area contributed by atoms with Gasteiger partial charge in [-0.05, 0) is 12.5 Å². The van der Waals surface area contributed by atoms with Crippen molar-refractivity contribution in [2.75, 3.05) is 13.1 Å². The van der Waals surface area contributed by atoms with Gasteiger partial charge in [-0.25, -0.2) is 8.42 Å². The first-order valence-electron chi connectivity index (χ1n) is 7.08. The fraction of sp³-hybridized carbons (Fsp3) is 0.400. The Labute approximate surface area is 131 Å². The highest BCUT2D eigenvalue weighted by Crippen LogP contribution is 2.20. The van der Waals surface area contributed by atoms with Crippen LogP contribution < -0.4 is 0 Å². The van der Waals surface area contributed by atoms with Gasteiger partial charge in [-0.2, -0.15) is 9.40 Å². The fourth-order valence-corrected chi connectivity index (χ4v) is 3.61. The molecule has 0 aliphatic carbocycles. The summed E-state index contributed by atoms with van der Waals surface area (Å²) < 4.78 is 27.8. The molecule has 1 aromatic carbocycles. The molecule has 2 aromatic rings. The predicted octanol–water partition coefficient (Wildman–Crippen LogP) is 1.47. The van der Waals surface area contributed by atoms with Gasteiger partial charge in [-0.1, -0.05) is 36.8 Å². The van der Waals surface area contributed by atoms with Crippen LogP contribution in [0.4, 0.5) is 0 Å². The van der Waals surface area contributed by atoms with Gasteiger partial charge in [0, 0.05) is 26.3 Å². The molecule has 22 heavy (non-hydrogen) atoms. The maximum atomic E-state index is 12.6. The van der Waals surface area contributed by atoms with Crippen LogP contribution >= 0.6 is 0 Å². The first kappa shape index (κ1) is 16.7. The summed E-state index contributed by atoms with van der Waals surface area (Å²) in [5.41, 5.74) is 1.79. The molecule has 0 aliphatic rings. The van der Waals surface area contributed by atoms with Gasteiger partial charge in [0.15, 0.2) is 0 Å². The summed E-state index contributed by atoms with van der Waals surface area (Å²) in [4.78, 5) is 0.132. The van der Waals surface area contributed by atoms with Crippen molar-refractivity contribution in [1.29, 1.82) is 0 Å². The lowest BCUT2D eigenvalue weighted by Gasteiger charge is -2.23. The number of aromatic nitrogens is 2. The molecule has 1 heterocycles. The first-order chi connectivity index (χ1) is 10.3. The third-order valence-electron chi connectivity index (χ3n) is 3.51. The third-order valence-corrected chi connectivity index (χ3v) is 5.40. The zero-order chi connectivity index (χ0) is 16.3. The zero-order valence-corrected chi connectivity index (χ0v) is 13.8. The minimum absolute atomic E-state index is 0.0107. The number of aliphatic hydroxyl groups is 1. The lowest BCUT2D eigenvalue weighted by atomic mass is 10.1. The molecule has 0 bridgehead atoms. The molecule has 0 spiro atoms. The van der Waals surface area contributed by atoms with E-state index >= 15 is 0 Å². The lowest BCUT2D eigenvalue weighted by molar-refractivity contribution is 0.149. The molecule has 120 valence electrons. The van der Waals surface area contributed by atoms with Gasteiger partial charge in [-0.15, -0.1) is 0 Å². The van der Waals surface area contributed by atoms with Crippen molar-refractivity contribution in [3.63, 3.8) is 0 Å². The molecule has 2 rings (SSSR count). The topological polar surface area (TPSA) is 75.4 Å². The highest BCUT2D eigenvalue weighted by molar-refractivity contribution is 7.89. The van der Waals surface area contributed by atoms with Crippen LogP contribution in [0, 0.1) is 6.92 Å². The lowest BCUT2D eigenvalue weighted by Crippen LogP contribution is -2.34. The quantitative estimate of drug-likeness (QED) is 0.873. The maximum Gasteiger partial charge on any atom is 0.246 e. The molecule has 0 amide bonds. The van der Waals surface area contributed by atoms with Gasteiger partial charge in [0.1, 0.15) is 4.90 Å². The van der Waals surface area contributed by atoms with E-state index in [4.69, 9.17) is 0 Å². The second-order valence-corrected chi connectivity index (χ2v) is 7.17. The molecule has 1 unspecified atom stereocenters. The van der Waals surface area contributed by atoms with Crippen molar-refractivity contribution >= 4 is 10.0 Å². The molecule has 0 saturated carbocycles. The maximum absolute atomic E-state index is 12.6. The van der Waals surface area contributed by atoms with E-state index in [-0.39, 0.29) is 18.0 Å². The molecule has 0 fully saturated rings. The van der Waals surface area contributed by atoms with E-state index < -0.39 is 16.1 Å². The molecule has 6 nitrogen and oxygen atoms in total. The summed E-state index contributed by atoms with van der Waals surface area (Å²) >= 11 is 0. The Morgan fingerprint density at radius 2 is 1.95 bits per heavy atom. The number of nitrogens with zero attached hydrogens (tertiary/aromatic N) is 3. The summed E-state index contributed by atoms with van der Waals surface area (Å²) in [6, 6.07) is 7.41. The van der Waals surface area contributed by atoms with Crippen LogP contribution in [0.5, 0.6) is 0 Å². The highest BCUT2D eigenvalue weighted by Gasteiger charge is 2.26. The van der Waals surface area contributed by atoms with Crippen LogP contribution in [0.1, 0.15) is 24.2 Å².